The molecule has 1 rings (SSSR count). The fourth-order valence-corrected chi connectivity index (χ4v) is 2.09. The zero-order valence-electron chi connectivity index (χ0n) is 10.3. The molecular weight excluding hydrogens is 203 g/mol. The Balaban J connectivity index is 2.83. The van der Waals surface area contributed by atoms with Crippen molar-refractivity contribution < 1.29 is 4.39 Å². The van der Waals surface area contributed by atoms with Gasteiger partial charge in [-0.1, -0.05) is 27.2 Å². The molecule has 1 aromatic heterocycles. The molecule has 0 amide bonds. The maximum absolute atomic E-state index is 13.1. The lowest BCUT2D eigenvalue weighted by Gasteiger charge is -2.24. The van der Waals surface area contributed by atoms with E-state index < -0.39 is 0 Å². The van der Waals surface area contributed by atoms with Crippen molar-refractivity contribution in [2.24, 2.45) is 5.92 Å². The number of nitrogens with one attached hydrogen (secondary N) is 1. The second kappa shape index (κ2) is 6.59. The summed E-state index contributed by atoms with van der Waals surface area (Å²) in [5.74, 6) is 0.234. The van der Waals surface area contributed by atoms with Gasteiger partial charge in [0.1, 0.15) is 5.82 Å². The lowest BCUT2D eigenvalue weighted by Crippen LogP contribution is -2.27. The lowest BCUT2D eigenvalue weighted by atomic mass is 9.92. The van der Waals surface area contributed by atoms with Gasteiger partial charge in [0.05, 0.1) is 6.20 Å². The molecular formula is C13H21FN2. The van der Waals surface area contributed by atoms with Crippen molar-refractivity contribution in [3.63, 3.8) is 0 Å². The van der Waals surface area contributed by atoms with Crippen molar-refractivity contribution in [2.45, 2.75) is 39.7 Å². The Labute approximate surface area is 97.3 Å². The first-order valence-corrected chi connectivity index (χ1v) is 6.02. The first-order valence-electron chi connectivity index (χ1n) is 6.02. The monoisotopic (exact) mass is 224 g/mol. The molecule has 90 valence electrons. The van der Waals surface area contributed by atoms with Gasteiger partial charge in [-0.3, -0.25) is 4.98 Å². The van der Waals surface area contributed by atoms with Crippen molar-refractivity contribution >= 4 is 0 Å². The van der Waals surface area contributed by atoms with Gasteiger partial charge in [-0.25, -0.2) is 4.39 Å². The van der Waals surface area contributed by atoms with Gasteiger partial charge in [-0.2, -0.15) is 0 Å². The number of pyridine rings is 1. The molecule has 0 saturated heterocycles. The normalized spacial score (nSPS) is 14.8. The van der Waals surface area contributed by atoms with E-state index in [0.29, 0.717) is 5.92 Å². The van der Waals surface area contributed by atoms with E-state index in [0.717, 1.165) is 24.9 Å². The maximum Gasteiger partial charge on any atom is 0.141 e. The molecule has 0 saturated carbocycles. The third-order valence-electron chi connectivity index (χ3n) is 2.82. The van der Waals surface area contributed by atoms with Gasteiger partial charge in [-0.15, -0.1) is 0 Å². The van der Waals surface area contributed by atoms with E-state index in [9.17, 15) is 4.39 Å². The van der Waals surface area contributed by atoms with Gasteiger partial charge in [0.25, 0.3) is 0 Å². The number of hydrogen-bond donors (Lipinski definition) is 1. The van der Waals surface area contributed by atoms with Gasteiger partial charge < -0.3 is 5.32 Å². The Morgan fingerprint density at radius 1 is 1.38 bits per heavy atom. The fraction of sp³-hybridized carbons (Fsp3) is 0.615. The van der Waals surface area contributed by atoms with Crippen molar-refractivity contribution in [3.05, 3.63) is 29.8 Å². The summed E-state index contributed by atoms with van der Waals surface area (Å²) >= 11 is 0. The van der Waals surface area contributed by atoms with Crippen LogP contribution in [0.4, 0.5) is 4.39 Å². The molecule has 1 N–H and O–H groups in total. The van der Waals surface area contributed by atoms with E-state index in [1.165, 1.54) is 6.20 Å². The number of hydrogen-bond acceptors (Lipinski definition) is 2. The summed E-state index contributed by atoms with van der Waals surface area (Å²) in [6.45, 7) is 7.32. The molecule has 0 aliphatic heterocycles. The molecule has 1 aromatic rings. The van der Waals surface area contributed by atoms with Crippen molar-refractivity contribution in [1.29, 1.82) is 0 Å². The van der Waals surface area contributed by atoms with E-state index in [-0.39, 0.29) is 11.9 Å². The first-order chi connectivity index (χ1) is 7.69. The molecule has 0 bridgehead atoms. The highest BCUT2D eigenvalue weighted by Gasteiger charge is 2.18. The Morgan fingerprint density at radius 2 is 2.12 bits per heavy atom. The Hall–Kier alpha value is -0.960. The molecule has 2 unspecified atom stereocenters. The summed E-state index contributed by atoms with van der Waals surface area (Å²) in [7, 11) is 0. The van der Waals surface area contributed by atoms with Gasteiger partial charge in [0.2, 0.25) is 0 Å². The van der Waals surface area contributed by atoms with Crippen molar-refractivity contribution in [2.75, 3.05) is 6.54 Å². The minimum Gasteiger partial charge on any atom is -0.310 e. The maximum atomic E-state index is 13.1. The molecule has 0 spiro atoms. The van der Waals surface area contributed by atoms with E-state index in [2.05, 4.69) is 31.1 Å². The molecule has 0 aliphatic carbocycles. The Morgan fingerprint density at radius 3 is 2.69 bits per heavy atom. The minimum atomic E-state index is -0.260. The average molecular weight is 224 g/mol. The highest BCUT2D eigenvalue weighted by atomic mass is 19.1. The number of halogens is 1. The molecule has 3 heteroatoms. The standard InChI is InChI=1S/C13H21FN2/c1-4-6-10(3)13(16-5-2)11-7-12(14)9-15-8-11/h7-10,13,16H,4-6H2,1-3H3. The minimum absolute atomic E-state index is 0.202. The quantitative estimate of drug-likeness (QED) is 0.802. The molecule has 2 atom stereocenters. The van der Waals surface area contributed by atoms with Gasteiger partial charge >= 0.3 is 0 Å². The number of nitrogens with zero attached hydrogens (tertiary/aromatic N) is 1. The van der Waals surface area contributed by atoms with E-state index in [1.54, 1.807) is 12.3 Å². The summed E-state index contributed by atoms with van der Waals surface area (Å²) in [6.07, 6.45) is 5.28. The zero-order chi connectivity index (χ0) is 12.0. The third-order valence-corrected chi connectivity index (χ3v) is 2.82. The highest BCUT2D eigenvalue weighted by Crippen LogP contribution is 2.25. The van der Waals surface area contributed by atoms with Crippen LogP contribution in [0.1, 0.15) is 45.2 Å². The molecule has 0 aliphatic rings. The predicted molar refractivity (Wildman–Crippen MR) is 64.7 cm³/mol. The van der Waals surface area contributed by atoms with Gasteiger partial charge in [0.15, 0.2) is 0 Å². The van der Waals surface area contributed by atoms with Crippen LogP contribution in [0, 0.1) is 11.7 Å². The van der Waals surface area contributed by atoms with Gasteiger partial charge in [0, 0.05) is 12.2 Å². The van der Waals surface area contributed by atoms with Crippen LogP contribution in [0.3, 0.4) is 0 Å². The van der Waals surface area contributed by atoms with Crippen LogP contribution >= 0.6 is 0 Å². The van der Waals surface area contributed by atoms with Crippen LogP contribution in [0.2, 0.25) is 0 Å². The number of aromatic nitrogens is 1. The predicted octanol–water partition coefficient (Wildman–Crippen LogP) is 3.31. The summed E-state index contributed by atoms with van der Waals surface area (Å²) in [5.41, 5.74) is 0.947. The van der Waals surface area contributed by atoms with Crippen LogP contribution in [0.15, 0.2) is 18.5 Å². The smallest absolute Gasteiger partial charge is 0.141 e. The SMILES string of the molecule is CCCC(C)C(NCC)c1cncc(F)c1. The average Bonchev–Trinajstić information content (AvgIpc) is 2.26. The first kappa shape index (κ1) is 13.1. The van der Waals surface area contributed by atoms with E-state index in [4.69, 9.17) is 0 Å². The Bertz CT molecular complexity index is 315. The van der Waals surface area contributed by atoms with Gasteiger partial charge in [-0.05, 0) is 30.5 Å². The lowest BCUT2D eigenvalue weighted by molar-refractivity contribution is 0.367. The van der Waals surface area contributed by atoms with Crippen LogP contribution in [0.5, 0.6) is 0 Å². The van der Waals surface area contributed by atoms with Crippen molar-refractivity contribution in [1.82, 2.24) is 10.3 Å². The van der Waals surface area contributed by atoms with Crippen molar-refractivity contribution in [3.8, 4) is 0 Å². The largest absolute Gasteiger partial charge is 0.310 e. The highest BCUT2D eigenvalue weighted by molar-refractivity contribution is 5.15. The fourth-order valence-electron chi connectivity index (χ4n) is 2.09. The second-order valence-corrected chi connectivity index (χ2v) is 4.24. The van der Waals surface area contributed by atoms with Crippen LogP contribution in [-0.4, -0.2) is 11.5 Å². The summed E-state index contributed by atoms with van der Waals surface area (Å²) in [4.78, 5) is 3.91. The molecule has 0 radical (unpaired) electrons. The van der Waals surface area contributed by atoms with E-state index in [1.807, 2.05) is 0 Å². The molecule has 0 fully saturated rings. The molecule has 0 aromatic carbocycles. The summed E-state index contributed by atoms with van der Waals surface area (Å²) in [6, 6.07) is 1.78. The molecule has 16 heavy (non-hydrogen) atoms. The third kappa shape index (κ3) is 3.56. The second-order valence-electron chi connectivity index (χ2n) is 4.24. The van der Waals surface area contributed by atoms with Crippen LogP contribution in [0.25, 0.3) is 0 Å². The molecule has 2 nitrogen and oxygen atoms in total. The van der Waals surface area contributed by atoms with E-state index >= 15 is 0 Å². The summed E-state index contributed by atoms with van der Waals surface area (Å²) < 4.78 is 13.1. The molecule has 1 heterocycles. The topological polar surface area (TPSA) is 24.9 Å². The Kier molecular flexibility index (Phi) is 5.39. The summed E-state index contributed by atoms with van der Waals surface area (Å²) in [5, 5.41) is 3.40. The van der Waals surface area contributed by atoms with Crippen LogP contribution < -0.4 is 5.32 Å². The zero-order valence-corrected chi connectivity index (χ0v) is 10.3. The van der Waals surface area contributed by atoms with Crippen LogP contribution in [-0.2, 0) is 0 Å². The number of rotatable bonds is 6.